The zero-order valence-electron chi connectivity index (χ0n) is 21.9. The predicted octanol–water partition coefficient (Wildman–Crippen LogP) is 5.98. The Morgan fingerprint density at radius 2 is 1.82 bits per heavy atom. The van der Waals surface area contributed by atoms with Crippen LogP contribution in [0, 0.1) is 0 Å². The molecule has 3 aromatic heterocycles. The molecule has 1 aromatic carbocycles. The van der Waals surface area contributed by atoms with Gasteiger partial charge in [-0.05, 0) is 42.3 Å². The Hall–Kier alpha value is -3.01. The normalized spacial score (nSPS) is 15.9. The second kappa shape index (κ2) is 10.9. The topological polar surface area (TPSA) is 42.3 Å². The van der Waals surface area contributed by atoms with E-state index in [0.717, 1.165) is 35.2 Å². The largest absolute Gasteiger partial charge is 0.434 e. The maximum Gasteiger partial charge on any atom is 0.434 e. The number of nitrogens with one attached hydrogen (secondary N) is 1. The summed E-state index contributed by atoms with van der Waals surface area (Å²) in [6, 6.07) is 12.9. The van der Waals surface area contributed by atoms with E-state index in [0.29, 0.717) is 24.7 Å². The number of halogens is 5. The van der Waals surface area contributed by atoms with Crippen molar-refractivity contribution in [1.29, 1.82) is 0 Å². The van der Waals surface area contributed by atoms with Crippen LogP contribution in [0.4, 0.5) is 24.7 Å². The highest BCUT2D eigenvalue weighted by atomic mass is 35.5. The maximum absolute atomic E-state index is 13.4. The number of pyridine rings is 2. The fourth-order valence-electron chi connectivity index (χ4n) is 5.17. The molecule has 0 spiro atoms. The molecule has 11 heteroatoms. The number of aromatic amines is 1. The first kappa shape index (κ1) is 27.6. The zero-order chi connectivity index (χ0) is 27.9. The Kier molecular flexibility index (Phi) is 7.68. The number of likely N-dealkylation sites (N-methyl/N-ethyl adjacent to an activating group) is 1. The van der Waals surface area contributed by atoms with Crippen molar-refractivity contribution in [3.63, 3.8) is 0 Å². The quantitative estimate of drug-likeness (QED) is 0.274. The average Bonchev–Trinajstić information content (AvgIpc) is 3.26. The van der Waals surface area contributed by atoms with Crippen LogP contribution in [-0.4, -0.2) is 55.6 Å². The minimum atomic E-state index is -4.61. The van der Waals surface area contributed by atoms with Gasteiger partial charge in [0.1, 0.15) is 11.9 Å². The van der Waals surface area contributed by atoms with Crippen molar-refractivity contribution in [2.75, 3.05) is 50.6 Å². The molecule has 0 saturated heterocycles. The number of hydrogen-bond acceptors (Lipinski definition) is 4. The number of H-pyrrole nitrogens is 1. The number of aromatic nitrogens is 3. The molecule has 1 unspecified atom stereocenters. The summed E-state index contributed by atoms with van der Waals surface area (Å²) in [6.45, 7) is 2.65. The lowest BCUT2D eigenvalue weighted by Gasteiger charge is -2.35. The summed E-state index contributed by atoms with van der Waals surface area (Å²) in [7, 11) is 5.77. The molecule has 5 rings (SSSR count). The third kappa shape index (κ3) is 5.81. The fraction of sp³-hybridized carbons (Fsp3) is 0.357. The van der Waals surface area contributed by atoms with Crippen molar-refractivity contribution in [3.8, 4) is 0 Å². The third-order valence-electron chi connectivity index (χ3n) is 7.31. The van der Waals surface area contributed by atoms with Gasteiger partial charge in [-0.25, -0.2) is 9.55 Å². The van der Waals surface area contributed by atoms with Crippen LogP contribution in [0.15, 0.2) is 54.9 Å². The summed E-state index contributed by atoms with van der Waals surface area (Å²) in [5.41, 5.74) is 3.51. The molecule has 0 radical (unpaired) electrons. The highest BCUT2D eigenvalue weighted by molar-refractivity contribution is 6.31. The van der Waals surface area contributed by atoms with Crippen LogP contribution in [0.1, 0.15) is 23.0 Å². The average molecular weight is 578 g/mol. The van der Waals surface area contributed by atoms with Crippen molar-refractivity contribution in [2.45, 2.75) is 25.2 Å². The van der Waals surface area contributed by atoms with E-state index in [4.69, 9.17) is 23.2 Å². The Morgan fingerprint density at radius 3 is 2.51 bits per heavy atom. The van der Waals surface area contributed by atoms with Crippen molar-refractivity contribution >= 4 is 45.6 Å². The van der Waals surface area contributed by atoms with Crippen molar-refractivity contribution in [2.24, 2.45) is 0 Å². The van der Waals surface area contributed by atoms with Crippen molar-refractivity contribution in [3.05, 3.63) is 81.9 Å². The molecule has 1 aliphatic heterocycles. The Labute approximate surface area is 235 Å². The van der Waals surface area contributed by atoms with Crippen LogP contribution in [0.2, 0.25) is 10.0 Å². The molecule has 0 aliphatic carbocycles. The lowest BCUT2D eigenvalue weighted by molar-refractivity contribution is -0.702. The molecule has 4 heterocycles. The van der Waals surface area contributed by atoms with Gasteiger partial charge >= 0.3 is 6.18 Å². The number of fused-ring (bicyclic) bond motifs is 3. The van der Waals surface area contributed by atoms with Crippen LogP contribution in [-0.2, 0) is 19.1 Å². The van der Waals surface area contributed by atoms with E-state index >= 15 is 0 Å². The van der Waals surface area contributed by atoms with Gasteiger partial charge in [0.25, 0.3) is 0 Å². The smallest absolute Gasteiger partial charge is 0.377 e. The minimum absolute atomic E-state index is 0.0347. The van der Waals surface area contributed by atoms with Gasteiger partial charge in [-0.2, -0.15) is 13.2 Å². The summed E-state index contributed by atoms with van der Waals surface area (Å²) >= 11 is 12.1. The van der Waals surface area contributed by atoms with Crippen LogP contribution in [0.3, 0.4) is 0 Å². The van der Waals surface area contributed by atoms with E-state index in [1.165, 1.54) is 17.7 Å². The highest BCUT2D eigenvalue weighted by Crippen LogP contribution is 2.37. The van der Waals surface area contributed by atoms with Gasteiger partial charge in [0, 0.05) is 80.2 Å². The maximum atomic E-state index is 13.4. The summed E-state index contributed by atoms with van der Waals surface area (Å²) in [5, 5.41) is 1.43. The molecule has 1 N–H and O–H groups in total. The fourth-order valence-corrected chi connectivity index (χ4v) is 5.55. The van der Waals surface area contributed by atoms with Gasteiger partial charge in [0.05, 0.1) is 5.02 Å². The zero-order valence-corrected chi connectivity index (χ0v) is 23.4. The van der Waals surface area contributed by atoms with Crippen LogP contribution >= 0.6 is 23.2 Å². The molecule has 0 saturated carbocycles. The number of rotatable bonds is 7. The highest BCUT2D eigenvalue weighted by Gasteiger charge is 2.36. The van der Waals surface area contributed by atoms with Crippen LogP contribution in [0.25, 0.3) is 10.9 Å². The molecule has 0 bridgehead atoms. The van der Waals surface area contributed by atoms with E-state index in [1.54, 1.807) is 11.9 Å². The lowest BCUT2D eigenvalue weighted by atomic mass is 9.97. The first-order valence-corrected chi connectivity index (χ1v) is 13.4. The number of nitrogens with zero attached hydrogens (tertiary/aromatic N) is 5. The molecule has 0 fully saturated rings. The van der Waals surface area contributed by atoms with Crippen molar-refractivity contribution in [1.82, 2.24) is 14.9 Å². The molecule has 39 heavy (non-hydrogen) atoms. The first-order chi connectivity index (χ1) is 18.5. The second-order valence-electron chi connectivity index (χ2n) is 10.1. The summed E-state index contributed by atoms with van der Waals surface area (Å²) in [6.07, 6.45) is 0.380. The molecule has 6 nitrogen and oxygen atoms in total. The van der Waals surface area contributed by atoms with E-state index in [2.05, 4.69) is 48.9 Å². The summed E-state index contributed by atoms with van der Waals surface area (Å²) in [5.74, 6) is 0.231. The van der Waals surface area contributed by atoms with E-state index in [1.807, 2.05) is 32.3 Å². The molecule has 1 atom stereocenters. The van der Waals surface area contributed by atoms with Gasteiger partial charge in [0.15, 0.2) is 24.6 Å². The molecule has 0 amide bonds. The van der Waals surface area contributed by atoms with E-state index < -0.39 is 16.9 Å². The molecular formula is C28H30Cl2F3N6+. The van der Waals surface area contributed by atoms with Gasteiger partial charge in [-0.3, -0.25) is 4.90 Å². The number of benzene rings is 1. The SMILES string of the molecule is CN(C)c1cc[n+](CC2c3[nH]c4ccc(Cl)cc4c3CCN2CCN(C)c2ccc(Cl)c(C(F)(F)F)n2)cc1. The summed E-state index contributed by atoms with van der Waals surface area (Å²) in [4.78, 5) is 13.6. The van der Waals surface area contributed by atoms with E-state index in [9.17, 15) is 13.2 Å². The van der Waals surface area contributed by atoms with Crippen molar-refractivity contribution < 1.29 is 17.7 Å². The second-order valence-corrected chi connectivity index (χ2v) is 10.9. The predicted molar refractivity (Wildman–Crippen MR) is 150 cm³/mol. The van der Waals surface area contributed by atoms with Gasteiger partial charge < -0.3 is 14.8 Å². The Bertz CT molecular complexity index is 1470. The number of hydrogen-bond donors (Lipinski definition) is 1. The Morgan fingerprint density at radius 1 is 1.08 bits per heavy atom. The number of anilines is 2. The summed E-state index contributed by atoms with van der Waals surface area (Å²) < 4.78 is 42.2. The molecule has 1 aliphatic rings. The van der Waals surface area contributed by atoms with Gasteiger partial charge in [-0.15, -0.1) is 0 Å². The monoisotopic (exact) mass is 577 g/mol. The molecule has 4 aromatic rings. The molecule has 206 valence electrons. The third-order valence-corrected chi connectivity index (χ3v) is 7.85. The van der Waals surface area contributed by atoms with E-state index in [-0.39, 0.29) is 11.9 Å². The van der Waals surface area contributed by atoms with Gasteiger partial charge in [-0.1, -0.05) is 23.2 Å². The lowest BCUT2D eigenvalue weighted by Crippen LogP contribution is -2.47. The minimum Gasteiger partial charge on any atom is -0.377 e. The standard InChI is InChI=1S/C28H30Cl2F3N6/c1-36(2)19-8-11-38(12-9-19)17-24-26-20(21-16-18(29)4-6-23(21)34-26)10-13-39(24)15-14-37(3)25-7-5-22(30)27(35-25)28(31,32)33/h4-9,11-12,16,24,34H,10,13-15,17H2,1-3H3/q+1. The number of alkyl halides is 3. The molecular weight excluding hydrogens is 548 g/mol. The first-order valence-electron chi connectivity index (χ1n) is 12.7. The van der Waals surface area contributed by atoms with Gasteiger partial charge in [0.2, 0.25) is 0 Å². The Balaban J connectivity index is 1.41. The van der Waals surface area contributed by atoms with Crippen LogP contribution < -0.4 is 14.4 Å². The van der Waals surface area contributed by atoms with Crippen LogP contribution in [0.5, 0.6) is 0 Å².